The average molecular weight is 289 g/mol. The number of nitrogens with zero attached hydrogens (tertiary/aromatic N) is 1. The molecule has 0 unspecified atom stereocenters. The third-order valence-electron chi connectivity index (χ3n) is 2.53. The first-order valence-electron chi connectivity index (χ1n) is 6.82. The van der Waals surface area contributed by atoms with Gasteiger partial charge in [0, 0.05) is 13.1 Å². The Morgan fingerprint density at radius 2 is 1.90 bits per heavy atom. The molecule has 0 heterocycles. The number of rotatable bonds is 10. The van der Waals surface area contributed by atoms with Gasteiger partial charge in [-0.1, -0.05) is 13.8 Å². The van der Waals surface area contributed by atoms with Gasteiger partial charge in [-0.05, 0) is 26.4 Å². The minimum Gasteiger partial charge on any atom is -0.480 e. The Morgan fingerprint density at radius 3 is 2.40 bits per heavy atom. The summed E-state index contributed by atoms with van der Waals surface area (Å²) in [5.41, 5.74) is 0. The van der Waals surface area contributed by atoms with Crippen LogP contribution in [0.5, 0.6) is 0 Å². The van der Waals surface area contributed by atoms with Crippen LogP contribution in [0.3, 0.4) is 0 Å². The van der Waals surface area contributed by atoms with Crippen molar-refractivity contribution in [3.8, 4) is 0 Å². The molecule has 1 atom stereocenters. The van der Waals surface area contributed by atoms with E-state index >= 15 is 0 Å². The Morgan fingerprint density at radius 1 is 1.25 bits per heavy atom. The normalized spacial score (nSPS) is 12.5. The molecule has 0 aromatic heterocycles. The summed E-state index contributed by atoms with van der Waals surface area (Å²) in [6.45, 7) is 6.00. The number of carbonyl (C=O) groups is 2. The molecule has 0 aromatic rings. The highest BCUT2D eigenvalue weighted by molar-refractivity contribution is 5.82. The summed E-state index contributed by atoms with van der Waals surface area (Å²) >= 11 is 0. The number of likely N-dealkylation sites (N-methyl/N-ethyl adjacent to an activating group) is 1. The smallest absolute Gasteiger partial charge is 0.326 e. The lowest BCUT2D eigenvalue weighted by atomic mass is 10.0. The summed E-state index contributed by atoms with van der Waals surface area (Å²) < 4.78 is 5.31. The van der Waals surface area contributed by atoms with Crippen LogP contribution in [0, 0.1) is 5.92 Å². The molecule has 0 aromatic carbocycles. The van der Waals surface area contributed by atoms with Crippen molar-refractivity contribution in [2.45, 2.75) is 26.3 Å². The van der Waals surface area contributed by atoms with Crippen LogP contribution in [0.1, 0.15) is 20.3 Å². The number of aliphatic carboxylic acids is 1. The number of carbonyl (C=O) groups excluding carboxylic acids is 1. The van der Waals surface area contributed by atoms with Gasteiger partial charge in [0.1, 0.15) is 6.04 Å². The molecule has 0 aliphatic rings. The van der Waals surface area contributed by atoms with Crippen molar-refractivity contribution in [1.82, 2.24) is 15.5 Å². The maximum absolute atomic E-state index is 11.5. The molecule has 0 rings (SSSR count). The van der Waals surface area contributed by atoms with Gasteiger partial charge in [-0.15, -0.1) is 0 Å². The molecule has 3 N–H and O–H groups in total. The summed E-state index contributed by atoms with van der Waals surface area (Å²) in [6, 6.07) is -1.33. The summed E-state index contributed by atoms with van der Waals surface area (Å²) in [5, 5.41) is 14.0. The highest BCUT2D eigenvalue weighted by atomic mass is 16.5. The topological polar surface area (TPSA) is 90.9 Å². The Labute approximate surface area is 120 Å². The number of urea groups is 1. The van der Waals surface area contributed by atoms with E-state index in [-0.39, 0.29) is 5.92 Å². The van der Waals surface area contributed by atoms with Crippen LogP contribution in [0.25, 0.3) is 0 Å². The molecule has 0 fully saturated rings. The maximum atomic E-state index is 11.5. The van der Waals surface area contributed by atoms with E-state index in [0.29, 0.717) is 26.2 Å². The molecule has 0 bridgehead atoms. The zero-order valence-corrected chi connectivity index (χ0v) is 12.8. The molecule has 20 heavy (non-hydrogen) atoms. The lowest BCUT2D eigenvalue weighted by Crippen LogP contribution is -2.47. The fourth-order valence-electron chi connectivity index (χ4n) is 1.49. The fourth-order valence-corrected chi connectivity index (χ4v) is 1.49. The third kappa shape index (κ3) is 10.6. The van der Waals surface area contributed by atoms with Gasteiger partial charge >= 0.3 is 12.0 Å². The van der Waals surface area contributed by atoms with E-state index in [2.05, 4.69) is 10.6 Å². The van der Waals surface area contributed by atoms with Crippen LogP contribution in [-0.4, -0.2) is 68.4 Å². The molecular weight excluding hydrogens is 262 g/mol. The van der Waals surface area contributed by atoms with Crippen LogP contribution < -0.4 is 10.6 Å². The predicted molar refractivity (Wildman–Crippen MR) is 76.8 cm³/mol. The summed E-state index contributed by atoms with van der Waals surface area (Å²) in [6.07, 6.45) is 0.405. The summed E-state index contributed by atoms with van der Waals surface area (Å²) in [5.74, 6) is -0.818. The second-order valence-corrected chi connectivity index (χ2v) is 5.34. The molecule has 0 aliphatic carbocycles. The number of carboxylic acids is 1. The van der Waals surface area contributed by atoms with E-state index in [4.69, 9.17) is 9.84 Å². The quantitative estimate of drug-likeness (QED) is 0.505. The third-order valence-corrected chi connectivity index (χ3v) is 2.53. The van der Waals surface area contributed by atoms with E-state index in [0.717, 1.165) is 6.54 Å². The highest BCUT2D eigenvalue weighted by Crippen LogP contribution is 2.04. The van der Waals surface area contributed by atoms with Crippen LogP contribution in [0.2, 0.25) is 0 Å². The summed E-state index contributed by atoms with van der Waals surface area (Å²) in [4.78, 5) is 24.5. The number of hydrogen-bond donors (Lipinski definition) is 3. The van der Waals surface area contributed by atoms with E-state index in [1.807, 2.05) is 32.8 Å². The van der Waals surface area contributed by atoms with E-state index in [1.165, 1.54) is 0 Å². The van der Waals surface area contributed by atoms with Gasteiger partial charge in [-0.2, -0.15) is 0 Å². The lowest BCUT2D eigenvalue weighted by Gasteiger charge is -2.17. The largest absolute Gasteiger partial charge is 0.480 e. The minimum absolute atomic E-state index is 0.200. The number of nitrogens with one attached hydrogen (secondary N) is 2. The molecule has 7 nitrogen and oxygen atoms in total. The van der Waals surface area contributed by atoms with Crippen LogP contribution >= 0.6 is 0 Å². The first kappa shape index (κ1) is 18.7. The maximum Gasteiger partial charge on any atom is 0.326 e. The van der Waals surface area contributed by atoms with E-state index < -0.39 is 18.0 Å². The number of amides is 2. The van der Waals surface area contributed by atoms with Crippen molar-refractivity contribution in [1.29, 1.82) is 0 Å². The summed E-state index contributed by atoms with van der Waals surface area (Å²) in [7, 11) is 3.91. The molecule has 0 aliphatic heterocycles. The van der Waals surface area contributed by atoms with Crippen molar-refractivity contribution < 1.29 is 19.4 Å². The van der Waals surface area contributed by atoms with Gasteiger partial charge in [-0.3, -0.25) is 0 Å². The number of carboxylic acid groups (broad SMARTS) is 1. The SMILES string of the molecule is CC(C)C[C@H](NC(=O)NCCOCCN(C)C)C(=O)O. The van der Waals surface area contributed by atoms with Gasteiger partial charge in [-0.25, -0.2) is 9.59 Å². The standard InChI is InChI=1S/C13H27N3O4/c1-10(2)9-11(12(17)18)15-13(19)14-5-7-20-8-6-16(3)4/h10-11H,5-9H2,1-4H3,(H,17,18)(H2,14,15,19)/t11-/m0/s1. The molecule has 7 heteroatoms. The molecule has 2 amide bonds. The first-order chi connectivity index (χ1) is 9.32. The Bertz CT molecular complexity index is 295. The molecular formula is C13H27N3O4. The van der Waals surface area contributed by atoms with E-state index in [9.17, 15) is 9.59 Å². The van der Waals surface area contributed by atoms with Crippen molar-refractivity contribution >= 4 is 12.0 Å². The average Bonchev–Trinajstić information content (AvgIpc) is 2.31. The second kappa shape index (κ2) is 10.4. The van der Waals surface area contributed by atoms with Crippen LogP contribution in [0.4, 0.5) is 4.79 Å². The van der Waals surface area contributed by atoms with Crippen molar-refractivity contribution in [2.75, 3.05) is 40.4 Å². The van der Waals surface area contributed by atoms with Gasteiger partial charge in [0.25, 0.3) is 0 Å². The van der Waals surface area contributed by atoms with Gasteiger partial charge in [0.2, 0.25) is 0 Å². The van der Waals surface area contributed by atoms with Crippen LogP contribution in [-0.2, 0) is 9.53 Å². The number of ether oxygens (including phenoxy) is 1. The zero-order chi connectivity index (χ0) is 15.5. The molecule has 118 valence electrons. The molecule has 0 spiro atoms. The second-order valence-electron chi connectivity index (χ2n) is 5.34. The van der Waals surface area contributed by atoms with Crippen molar-refractivity contribution in [2.24, 2.45) is 5.92 Å². The number of hydrogen-bond acceptors (Lipinski definition) is 4. The highest BCUT2D eigenvalue weighted by Gasteiger charge is 2.20. The first-order valence-corrected chi connectivity index (χ1v) is 6.82. The fraction of sp³-hybridized carbons (Fsp3) is 0.846. The predicted octanol–water partition coefficient (Wildman–Crippen LogP) is 0.363. The van der Waals surface area contributed by atoms with Crippen LogP contribution in [0.15, 0.2) is 0 Å². The van der Waals surface area contributed by atoms with Crippen molar-refractivity contribution in [3.63, 3.8) is 0 Å². The van der Waals surface area contributed by atoms with Gasteiger partial charge in [0.15, 0.2) is 0 Å². The molecule has 0 saturated carbocycles. The zero-order valence-electron chi connectivity index (χ0n) is 12.8. The monoisotopic (exact) mass is 289 g/mol. The molecule has 0 radical (unpaired) electrons. The minimum atomic E-state index is -1.02. The molecule has 0 saturated heterocycles. The Balaban J connectivity index is 3.77. The van der Waals surface area contributed by atoms with Gasteiger partial charge < -0.3 is 25.4 Å². The van der Waals surface area contributed by atoms with E-state index in [1.54, 1.807) is 0 Å². The Kier molecular flexibility index (Phi) is 9.75. The Hall–Kier alpha value is -1.34. The van der Waals surface area contributed by atoms with Crippen molar-refractivity contribution in [3.05, 3.63) is 0 Å². The lowest BCUT2D eigenvalue weighted by molar-refractivity contribution is -0.139. The van der Waals surface area contributed by atoms with Gasteiger partial charge in [0.05, 0.1) is 13.2 Å².